The normalized spacial score (nSPS) is 10.8. The maximum Gasteiger partial charge on any atom is 0.260 e. The van der Waals surface area contributed by atoms with Crippen molar-refractivity contribution in [2.45, 2.75) is 13.0 Å². The lowest BCUT2D eigenvalue weighted by atomic mass is 10.1. The molecule has 1 amide bonds. The van der Waals surface area contributed by atoms with E-state index in [9.17, 15) is 9.18 Å². The summed E-state index contributed by atoms with van der Waals surface area (Å²) in [6.45, 7) is 1.15. The molecule has 2 aromatic carbocycles. The summed E-state index contributed by atoms with van der Waals surface area (Å²) in [6.07, 6.45) is 6.00. The Morgan fingerprint density at radius 2 is 2.07 bits per heavy atom. The number of hydrogen-bond donors (Lipinski definition) is 0. The third-order valence-corrected chi connectivity index (χ3v) is 5.47. The number of aryl methyl sites for hydroxylation is 1. The van der Waals surface area contributed by atoms with E-state index in [2.05, 4.69) is 9.97 Å². The van der Waals surface area contributed by atoms with Crippen LogP contribution in [0.5, 0.6) is 0 Å². The van der Waals surface area contributed by atoms with Gasteiger partial charge in [-0.25, -0.2) is 14.4 Å². The Kier molecular flexibility index (Phi) is 5.31. The number of benzene rings is 2. The Balaban J connectivity index is 1.63. The first-order chi connectivity index (χ1) is 14.1. The number of nitriles is 1. The highest BCUT2D eigenvalue weighted by atomic mass is 32.1. The van der Waals surface area contributed by atoms with Gasteiger partial charge in [-0.2, -0.15) is 5.26 Å². The molecule has 0 atom stereocenters. The van der Waals surface area contributed by atoms with Gasteiger partial charge in [-0.15, -0.1) is 0 Å². The number of imidazole rings is 1. The number of carbonyl (C=O) groups is 1. The van der Waals surface area contributed by atoms with Crippen LogP contribution < -0.4 is 4.90 Å². The van der Waals surface area contributed by atoms with Crippen molar-refractivity contribution in [1.29, 1.82) is 5.26 Å². The van der Waals surface area contributed by atoms with Crippen LogP contribution in [0.2, 0.25) is 0 Å². The first-order valence-corrected chi connectivity index (χ1v) is 9.79. The summed E-state index contributed by atoms with van der Waals surface area (Å²) in [5.74, 6) is -0.544. The second kappa shape index (κ2) is 8.20. The minimum Gasteiger partial charge on any atom is -0.337 e. The smallest absolute Gasteiger partial charge is 0.260 e. The summed E-state index contributed by atoms with van der Waals surface area (Å²) in [5.41, 5.74) is 1.61. The van der Waals surface area contributed by atoms with E-state index in [1.165, 1.54) is 23.5 Å². The van der Waals surface area contributed by atoms with Crippen molar-refractivity contribution in [2.24, 2.45) is 0 Å². The third-order valence-electron chi connectivity index (χ3n) is 4.43. The Morgan fingerprint density at radius 1 is 1.24 bits per heavy atom. The number of rotatable bonds is 6. The topological polar surface area (TPSA) is 74.8 Å². The summed E-state index contributed by atoms with van der Waals surface area (Å²) in [6, 6.07) is 12.9. The number of anilines is 1. The average molecular weight is 405 g/mol. The fourth-order valence-electron chi connectivity index (χ4n) is 2.96. The molecule has 0 aliphatic rings. The molecule has 8 heteroatoms. The van der Waals surface area contributed by atoms with Crippen LogP contribution in [-0.4, -0.2) is 27.0 Å². The number of amides is 1. The van der Waals surface area contributed by atoms with Crippen LogP contribution in [0.25, 0.3) is 10.2 Å². The van der Waals surface area contributed by atoms with Crippen molar-refractivity contribution in [2.75, 3.05) is 11.4 Å². The second-order valence-electron chi connectivity index (χ2n) is 6.41. The zero-order chi connectivity index (χ0) is 20.2. The number of aromatic nitrogens is 3. The van der Waals surface area contributed by atoms with Crippen LogP contribution in [0.3, 0.4) is 0 Å². The summed E-state index contributed by atoms with van der Waals surface area (Å²) in [4.78, 5) is 23.4. The Morgan fingerprint density at radius 3 is 2.79 bits per heavy atom. The Hall–Kier alpha value is -3.57. The maximum absolute atomic E-state index is 13.6. The lowest BCUT2D eigenvalue weighted by molar-refractivity contribution is 0.0986. The quantitative estimate of drug-likeness (QED) is 0.481. The predicted molar refractivity (Wildman–Crippen MR) is 109 cm³/mol. The molecule has 2 heterocycles. The lowest BCUT2D eigenvalue weighted by Crippen LogP contribution is -2.32. The van der Waals surface area contributed by atoms with Gasteiger partial charge < -0.3 is 4.57 Å². The van der Waals surface area contributed by atoms with Gasteiger partial charge in [0.05, 0.1) is 28.2 Å². The van der Waals surface area contributed by atoms with Gasteiger partial charge >= 0.3 is 0 Å². The molecule has 4 rings (SSSR count). The first-order valence-electron chi connectivity index (χ1n) is 8.98. The van der Waals surface area contributed by atoms with Crippen molar-refractivity contribution in [3.8, 4) is 6.07 Å². The van der Waals surface area contributed by atoms with Crippen molar-refractivity contribution in [3.63, 3.8) is 0 Å². The first kappa shape index (κ1) is 18.8. The van der Waals surface area contributed by atoms with E-state index in [-0.39, 0.29) is 11.7 Å². The van der Waals surface area contributed by atoms with Crippen molar-refractivity contribution in [3.05, 3.63) is 78.1 Å². The number of fused-ring (bicyclic) bond motifs is 1. The van der Waals surface area contributed by atoms with E-state index in [1.807, 2.05) is 16.8 Å². The molecule has 0 spiro atoms. The number of thiazole rings is 1. The summed E-state index contributed by atoms with van der Waals surface area (Å²) in [5, 5.41) is 9.49. The summed E-state index contributed by atoms with van der Waals surface area (Å²) >= 11 is 1.28. The number of hydrogen-bond acceptors (Lipinski definition) is 5. The molecule has 0 saturated carbocycles. The van der Waals surface area contributed by atoms with Crippen molar-refractivity contribution < 1.29 is 9.18 Å². The SMILES string of the molecule is N#Cc1ccc(C(=O)N(CCCn2ccnc2)c2nc3ccc(F)cc3s2)cc1. The lowest BCUT2D eigenvalue weighted by Gasteiger charge is -2.20. The molecule has 29 heavy (non-hydrogen) atoms. The minimum absolute atomic E-state index is 0.209. The van der Waals surface area contributed by atoms with Gasteiger partial charge in [0.15, 0.2) is 5.13 Å². The van der Waals surface area contributed by atoms with E-state index in [0.29, 0.717) is 46.0 Å². The molecule has 0 bridgehead atoms. The second-order valence-corrected chi connectivity index (χ2v) is 7.42. The van der Waals surface area contributed by atoms with Gasteiger partial charge in [0, 0.05) is 31.0 Å². The standard InChI is InChI=1S/C21H16FN5OS/c22-17-6-7-18-19(12-17)29-21(25-18)27(10-1-9-26-11-8-24-14-26)20(28)16-4-2-15(13-23)3-5-16/h2-8,11-12,14H,1,9-10H2. The van der Waals surface area contributed by atoms with E-state index in [0.717, 1.165) is 0 Å². The van der Waals surface area contributed by atoms with Crippen molar-refractivity contribution >= 4 is 32.6 Å². The number of halogens is 1. The molecule has 0 fully saturated rings. The predicted octanol–water partition coefficient (Wildman–Crippen LogP) is 4.24. The molecule has 0 aliphatic carbocycles. The number of carbonyl (C=O) groups excluding carboxylic acids is 1. The van der Waals surface area contributed by atoms with Crippen LogP contribution in [0.4, 0.5) is 9.52 Å². The third kappa shape index (κ3) is 4.15. The molecular formula is C21H16FN5OS. The van der Waals surface area contributed by atoms with E-state index in [1.54, 1.807) is 47.8 Å². The number of nitrogens with zero attached hydrogens (tertiary/aromatic N) is 5. The highest BCUT2D eigenvalue weighted by Crippen LogP contribution is 2.30. The van der Waals surface area contributed by atoms with E-state index >= 15 is 0 Å². The molecule has 0 N–H and O–H groups in total. The zero-order valence-electron chi connectivity index (χ0n) is 15.3. The molecule has 4 aromatic rings. The van der Waals surface area contributed by atoms with E-state index < -0.39 is 0 Å². The highest BCUT2D eigenvalue weighted by Gasteiger charge is 2.21. The molecule has 2 aromatic heterocycles. The van der Waals surface area contributed by atoms with E-state index in [4.69, 9.17) is 5.26 Å². The molecule has 0 aliphatic heterocycles. The molecule has 0 unspecified atom stereocenters. The Labute approximate surface area is 170 Å². The monoisotopic (exact) mass is 405 g/mol. The largest absolute Gasteiger partial charge is 0.337 e. The molecular weight excluding hydrogens is 389 g/mol. The van der Waals surface area contributed by atoms with Crippen LogP contribution >= 0.6 is 11.3 Å². The van der Waals surface area contributed by atoms with Gasteiger partial charge in [0.1, 0.15) is 5.82 Å². The van der Waals surface area contributed by atoms with Gasteiger partial charge in [-0.05, 0) is 48.9 Å². The van der Waals surface area contributed by atoms with Crippen LogP contribution in [0, 0.1) is 17.1 Å². The van der Waals surface area contributed by atoms with Gasteiger partial charge in [0.25, 0.3) is 5.91 Å². The minimum atomic E-state index is -0.335. The summed E-state index contributed by atoms with van der Waals surface area (Å²) in [7, 11) is 0. The molecule has 6 nitrogen and oxygen atoms in total. The Bertz CT molecular complexity index is 1180. The van der Waals surface area contributed by atoms with Crippen LogP contribution in [-0.2, 0) is 6.54 Å². The fourth-order valence-corrected chi connectivity index (χ4v) is 3.97. The highest BCUT2D eigenvalue weighted by molar-refractivity contribution is 7.22. The maximum atomic E-state index is 13.6. The van der Waals surface area contributed by atoms with Crippen molar-refractivity contribution in [1.82, 2.24) is 14.5 Å². The van der Waals surface area contributed by atoms with Gasteiger partial charge in [0.2, 0.25) is 0 Å². The fraction of sp³-hybridized carbons (Fsp3) is 0.143. The van der Waals surface area contributed by atoms with Gasteiger partial charge in [-0.3, -0.25) is 9.69 Å². The average Bonchev–Trinajstić information content (AvgIpc) is 3.40. The van der Waals surface area contributed by atoms with Gasteiger partial charge in [-0.1, -0.05) is 11.3 Å². The molecule has 0 saturated heterocycles. The van der Waals surface area contributed by atoms with Crippen LogP contribution in [0.1, 0.15) is 22.3 Å². The zero-order valence-corrected chi connectivity index (χ0v) is 16.1. The summed E-state index contributed by atoms with van der Waals surface area (Å²) < 4.78 is 16.2. The van der Waals surface area contributed by atoms with Crippen LogP contribution in [0.15, 0.2) is 61.2 Å². The molecule has 0 radical (unpaired) electrons. The molecule has 144 valence electrons.